The number of nitrogens with one attached hydrogen (secondary N) is 2. The highest BCUT2D eigenvalue weighted by Gasteiger charge is 2.31. The molecule has 162 valence electrons. The number of H-pyrrole nitrogens is 1. The molecule has 1 aromatic heterocycles. The molecule has 1 amide bonds. The summed E-state index contributed by atoms with van der Waals surface area (Å²) in [6.07, 6.45) is 4.23. The van der Waals surface area contributed by atoms with Gasteiger partial charge in [-0.1, -0.05) is 36.4 Å². The number of amides is 1. The molecule has 0 bridgehead atoms. The standard InChI is InChI=1S/C26H31N3O2/c1-18-25(23-9-5-6-10-24(23)27-18)26(30)28-20-11-13-22(14-12-20)29(15-19-16-31-17-19)21-7-3-2-4-8-21/h2-10,19-20,22,27H,11-17H2,1H3,(H,28,30)/t20-,22+. The van der Waals surface area contributed by atoms with E-state index in [-0.39, 0.29) is 11.9 Å². The summed E-state index contributed by atoms with van der Waals surface area (Å²) in [7, 11) is 0. The first kappa shape index (κ1) is 20.1. The second-order valence-electron chi connectivity index (χ2n) is 9.04. The number of aromatic nitrogens is 1. The zero-order chi connectivity index (χ0) is 21.2. The van der Waals surface area contributed by atoms with Gasteiger partial charge in [-0.2, -0.15) is 0 Å². The molecule has 0 radical (unpaired) electrons. The summed E-state index contributed by atoms with van der Waals surface area (Å²) < 4.78 is 5.42. The van der Waals surface area contributed by atoms with Gasteiger partial charge < -0.3 is 19.9 Å². The van der Waals surface area contributed by atoms with Gasteiger partial charge in [0.2, 0.25) is 0 Å². The molecule has 2 heterocycles. The summed E-state index contributed by atoms with van der Waals surface area (Å²) >= 11 is 0. The number of anilines is 1. The van der Waals surface area contributed by atoms with E-state index in [4.69, 9.17) is 4.74 Å². The molecule has 0 atom stereocenters. The van der Waals surface area contributed by atoms with E-state index in [1.165, 1.54) is 5.69 Å². The van der Waals surface area contributed by atoms with E-state index in [1.807, 2.05) is 31.2 Å². The Kier molecular flexibility index (Phi) is 5.68. The number of carbonyl (C=O) groups excluding carboxylic acids is 1. The van der Waals surface area contributed by atoms with Crippen LogP contribution in [0.2, 0.25) is 0 Å². The number of hydrogen-bond donors (Lipinski definition) is 2. The van der Waals surface area contributed by atoms with Crippen LogP contribution in [0, 0.1) is 12.8 Å². The lowest BCUT2D eigenvalue weighted by Gasteiger charge is -2.42. The molecule has 1 saturated heterocycles. The number of nitrogens with zero attached hydrogens (tertiary/aromatic N) is 1. The van der Waals surface area contributed by atoms with Crippen LogP contribution in [-0.4, -0.2) is 42.7 Å². The van der Waals surface area contributed by atoms with Crippen molar-refractivity contribution in [2.75, 3.05) is 24.7 Å². The fourth-order valence-electron chi connectivity index (χ4n) is 5.11. The van der Waals surface area contributed by atoms with Crippen LogP contribution < -0.4 is 10.2 Å². The summed E-state index contributed by atoms with van der Waals surface area (Å²) in [5, 5.41) is 4.32. The molecule has 2 fully saturated rings. The van der Waals surface area contributed by atoms with Crippen LogP contribution in [0.25, 0.3) is 10.9 Å². The SMILES string of the molecule is Cc1[nH]c2ccccc2c1C(=O)N[C@H]1CC[C@@H](N(CC2COC2)c2ccccc2)CC1. The Morgan fingerprint density at radius 2 is 1.74 bits per heavy atom. The Hall–Kier alpha value is -2.79. The molecule has 0 unspecified atom stereocenters. The molecular weight excluding hydrogens is 386 g/mol. The summed E-state index contributed by atoms with van der Waals surface area (Å²) in [6.45, 7) is 4.78. The third-order valence-electron chi connectivity index (χ3n) is 6.84. The van der Waals surface area contributed by atoms with Gasteiger partial charge in [0.1, 0.15) is 0 Å². The minimum absolute atomic E-state index is 0.0462. The van der Waals surface area contributed by atoms with Crippen molar-refractivity contribution in [1.29, 1.82) is 0 Å². The van der Waals surface area contributed by atoms with E-state index in [1.54, 1.807) is 0 Å². The maximum Gasteiger partial charge on any atom is 0.253 e. The predicted octanol–water partition coefficient (Wildman–Crippen LogP) is 4.67. The van der Waals surface area contributed by atoms with Gasteiger partial charge in [0.25, 0.3) is 5.91 Å². The van der Waals surface area contributed by atoms with E-state index in [0.29, 0.717) is 12.0 Å². The maximum absolute atomic E-state index is 13.1. The molecule has 5 rings (SSSR count). The van der Waals surface area contributed by atoms with Crippen molar-refractivity contribution in [2.24, 2.45) is 5.92 Å². The predicted molar refractivity (Wildman–Crippen MR) is 125 cm³/mol. The van der Waals surface area contributed by atoms with Crippen molar-refractivity contribution in [1.82, 2.24) is 10.3 Å². The summed E-state index contributed by atoms with van der Waals surface area (Å²) in [5.41, 5.74) is 4.04. The summed E-state index contributed by atoms with van der Waals surface area (Å²) in [4.78, 5) is 19.0. The molecule has 0 spiro atoms. The molecule has 1 aliphatic carbocycles. The van der Waals surface area contributed by atoms with Crippen LogP contribution in [0.1, 0.15) is 41.7 Å². The number of ether oxygens (including phenoxy) is 1. The second kappa shape index (κ2) is 8.75. The van der Waals surface area contributed by atoms with Crippen molar-refractivity contribution in [2.45, 2.75) is 44.7 Å². The monoisotopic (exact) mass is 417 g/mol. The number of aryl methyl sites for hydroxylation is 1. The van der Waals surface area contributed by atoms with E-state index in [0.717, 1.165) is 67.6 Å². The molecule has 2 aromatic carbocycles. The normalized spacial score (nSPS) is 21.6. The largest absolute Gasteiger partial charge is 0.381 e. The number of hydrogen-bond acceptors (Lipinski definition) is 3. The van der Waals surface area contributed by atoms with Crippen LogP contribution in [0.4, 0.5) is 5.69 Å². The van der Waals surface area contributed by atoms with E-state index in [2.05, 4.69) is 45.5 Å². The Bertz CT molecular complexity index is 1030. The first-order valence-corrected chi connectivity index (χ1v) is 11.5. The minimum Gasteiger partial charge on any atom is -0.381 e. The van der Waals surface area contributed by atoms with Gasteiger partial charge in [0.15, 0.2) is 0 Å². The lowest BCUT2D eigenvalue weighted by Crippen LogP contribution is -2.48. The number of benzene rings is 2. The molecule has 5 heteroatoms. The third-order valence-corrected chi connectivity index (χ3v) is 6.84. The van der Waals surface area contributed by atoms with Gasteiger partial charge in [-0.25, -0.2) is 0 Å². The Balaban J connectivity index is 1.24. The first-order valence-electron chi connectivity index (χ1n) is 11.5. The minimum atomic E-state index is 0.0462. The molecule has 2 aliphatic rings. The molecular formula is C26H31N3O2. The van der Waals surface area contributed by atoms with Crippen LogP contribution in [0.5, 0.6) is 0 Å². The van der Waals surface area contributed by atoms with Crippen LogP contribution >= 0.6 is 0 Å². The van der Waals surface area contributed by atoms with Gasteiger partial charge in [-0.3, -0.25) is 4.79 Å². The fraction of sp³-hybridized carbons (Fsp3) is 0.423. The van der Waals surface area contributed by atoms with Crippen molar-refractivity contribution < 1.29 is 9.53 Å². The Labute approximate surface area is 183 Å². The number of carbonyl (C=O) groups is 1. The van der Waals surface area contributed by atoms with E-state index in [9.17, 15) is 4.79 Å². The van der Waals surface area contributed by atoms with Gasteiger partial charge >= 0.3 is 0 Å². The summed E-state index contributed by atoms with van der Waals surface area (Å²) in [6, 6.07) is 19.5. The second-order valence-corrected chi connectivity index (χ2v) is 9.04. The van der Waals surface area contributed by atoms with Crippen LogP contribution in [-0.2, 0) is 4.74 Å². The zero-order valence-electron chi connectivity index (χ0n) is 18.1. The topological polar surface area (TPSA) is 57.4 Å². The van der Waals surface area contributed by atoms with Crippen molar-refractivity contribution in [3.63, 3.8) is 0 Å². The maximum atomic E-state index is 13.1. The highest BCUT2D eigenvalue weighted by Crippen LogP contribution is 2.30. The van der Waals surface area contributed by atoms with E-state index >= 15 is 0 Å². The van der Waals surface area contributed by atoms with Crippen molar-refractivity contribution >= 4 is 22.5 Å². The highest BCUT2D eigenvalue weighted by molar-refractivity contribution is 6.08. The zero-order valence-corrected chi connectivity index (χ0v) is 18.1. The fourth-order valence-corrected chi connectivity index (χ4v) is 5.11. The Morgan fingerprint density at radius 3 is 2.45 bits per heavy atom. The molecule has 3 aromatic rings. The number of para-hydroxylation sites is 2. The Morgan fingerprint density at radius 1 is 1.03 bits per heavy atom. The summed E-state index contributed by atoms with van der Waals surface area (Å²) in [5.74, 6) is 0.674. The molecule has 31 heavy (non-hydrogen) atoms. The number of aromatic amines is 1. The quantitative estimate of drug-likeness (QED) is 0.613. The highest BCUT2D eigenvalue weighted by atomic mass is 16.5. The lowest BCUT2D eigenvalue weighted by molar-refractivity contribution is -0.0286. The average molecular weight is 418 g/mol. The third kappa shape index (κ3) is 4.19. The molecule has 5 nitrogen and oxygen atoms in total. The molecule has 1 saturated carbocycles. The van der Waals surface area contributed by atoms with Gasteiger partial charge in [0.05, 0.1) is 18.8 Å². The molecule has 1 aliphatic heterocycles. The van der Waals surface area contributed by atoms with Crippen LogP contribution in [0.15, 0.2) is 54.6 Å². The van der Waals surface area contributed by atoms with Gasteiger partial charge in [-0.05, 0) is 50.8 Å². The smallest absolute Gasteiger partial charge is 0.253 e. The molecule has 2 N–H and O–H groups in total. The average Bonchev–Trinajstić information content (AvgIpc) is 3.10. The van der Waals surface area contributed by atoms with Crippen molar-refractivity contribution in [3.05, 3.63) is 65.9 Å². The van der Waals surface area contributed by atoms with Crippen LogP contribution in [0.3, 0.4) is 0 Å². The van der Waals surface area contributed by atoms with Crippen molar-refractivity contribution in [3.8, 4) is 0 Å². The number of fused-ring (bicyclic) bond motifs is 1. The number of rotatable bonds is 6. The lowest BCUT2D eigenvalue weighted by atomic mass is 9.88. The van der Waals surface area contributed by atoms with Gasteiger partial charge in [0, 0.05) is 46.8 Å². The van der Waals surface area contributed by atoms with E-state index < -0.39 is 0 Å². The first-order chi connectivity index (χ1) is 15.2. The van der Waals surface area contributed by atoms with Gasteiger partial charge in [-0.15, -0.1) is 0 Å².